The van der Waals surface area contributed by atoms with Crippen LogP contribution in [-0.4, -0.2) is 109 Å². The molecule has 1 rings (SSSR count). The summed E-state index contributed by atoms with van der Waals surface area (Å²) >= 11 is 0. The fraction of sp³-hybridized carbons (Fsp3) is 1.00. The van der Waals surface area contributed by atoms with E-state index in [1.165, 1.54) is 6.92 Å². The predicted molar refractivity (Wildman–Crippen MR) is 69.4 cm³/mol. The first kappa shape index (κ1) is 60.3. The van der Waals surface area contributed by atoms with Crippen LogP contribution in [0.5, 0.6) is 0 Å². The molecule has 8 radical (unpaired) electrons. The first-order chi connectivity index (χ1) is 10.2. The molecule has 0 saturated carbocycles. The zero-order chi connectivity index (χ0) is 17.0. The van der Waals surface area contributed by atoms with E-state index in [1.807, 2.05) is 0 Å². The van der Waals surface area contributed by atoms with Gasteiger partial charge in [0, 0.05) is 352 Å². The Bertz CT molecular complexity index is 350. The van der Waals surface area contributed by atoms with Crippen LogP contribution in [0.2, 0.25) is 0 Å². The summed E-state index contributed by atoms with van der Waals surface area (Å²) in [6, 6.07) is 0. The second kappa shape index (κ2) is 34.6. The predicted octanol–water partition coefficient (Wildman–Crippen LogP) is -4.73. The molecule has 0 aliphatic carbocycles. The number of aliphatic hydroxyl groups is 8. The number of aliphatic hydroxyl groups excluding tert-OH is 8. The molecule has 1 aliphatic rings. The molecule has 0 aromatic rings. The Labute approximate surface area is 463 Å². The average Bonchev–Trinajstić information content (AvgIpc) is 2.50. The van der Waals surface area contributed by atoms with E-state index >= 15 is 0 Å². The molecule has 1 saturated heterocycles. The molecule has 30 heavy (non-hydrogen) atoms. The van der Waals surface area contributed by atoms with Crippen molar-refractivity contribution in [3.05, 3.63) is 0 Å². The van der Waals surface area contributed by atoms with Gasteiger partial charge in [-0.3, -0.25) is 0 Å². The summed E-state index contributed by atoms with van der Waals surface area (Å²) in [7, 11) is 0. The zero-order valence-electron chi connectivity index (χ0n) is 16.6. The van der Waals surface area contributed by atoms with Crippen molar-refractivity contribution in [1.29, 1.82) is 0 Å². The van der Waals surface area contributed by atoms with Gasteiger partial charge in [0.2, 0.25) is 0 Å². The number of ether oxygens (including phenoxy) is 2. The van der Waals surface area contributed by atoms with Crippen molar-refractivity contribution in [2.75, 3.05) is 13.2 Å². The van der Waals surface area contributed by atoms with Gasteiger partial charge in [-0.05, 0) is 6.92 Å². The maximum absolute atomic E-state index is 9.69. The number of rotatable bonds is 7. The van der Waals surface area contributed by atoms with E-state index in [0.29, 0.717) is 0 Å². The Hall–Kier alpha value is 11.1. The fourth-order valence-electron chi connectivity index (χ4n) is 2.01. The molecule has 1 fully saturated rings. The first-order valence-corrected chi connectivity index (χ1v) is 6.85. The van der Waals surface area contributed by atoms with E-state index in [1.54, 1.807) is 0 Å². The third-order valence-corrected chi connectivity index (χ3v) is 3.52. The van der Waals surface area contributed by atoms with Gasteiger partial charge < -0.3 is 50.3 Å². The van der Waals surface area contributed by atoms with Crippen LogP contribution < -0.4 is 0 Å². The molecule has 8 N–H and O–H groups in total. The molecule has 10 nitrogen and oxygen atoms in total. The maximum Gasteiger partial charge on any atom is 0.186 e. The van der Waals surface area contributed by atoms with Gasteiger partial charge >= 0.3 is 0 Å². The van der Waals surface area contributed by atoms with Crippen molar-refractivity contribution in [2.24, 2.45) is 0 Å². The summed E-state index contributed by atoms with van der Waals surface area (Å²) < 4.78 is 10.0. The monoisotopic (exact) mass is 2140 g/mol. The average molecular weight is 2140 g/mol. The summed E-state index contributed by atoms with van der Waals surface area (Å²) in [5.41, 5.74) is 0. The maximum atomic E-state index is 9.69. The van der Waals surface area contributed by atoms with Gasteiger partial charge in [0.1, 0.15) is 42.7 Å². The largest absolute Gasteiger partial charge is 0.394 e. The van der Waals surface area contributed by atoms with Crippen molar-refractivity contribution < 1.29 is 403 Å². The molecule has 0 amide bonds. The Morgan fingerprint density at radius 2 is 1.17 bits per heavy atom. The third kappa shape index (κ3) is 22.6. The van der Waals surface area contributed by atoms with Crippen LogP contribution in [0.4, 0.5) is 0 Å². The number of hydrogen-bond donors (Lipinski definition) is 8. The molecule has 0 aromatic carbocycles. The minimum Gasteiger partial charge on any atom is -0.394 e. The van der Waals surface area contributed by atoms with Gasteiger partial charge in [0.15, 0.2) is 6.29 Å². The van der Waals surface area contributed by atoms with Gasteiger partial charge in [-0.15, -0.1) is 0 Å². The normalized spacial score (nSPS) is 28.1. The van der Waals surface area contributed by atoms with Crippen LogP contribution >= 0.6 is 0 Å². The van der Waals surface area contributed by atoms with E-state index in [-0.39, 0.29) is 352 Å². The van der Waals surface area contributed by atoms with Gasteiger partial charge in [0.05, 0.1) is 19.3 Å². The molecule has 0 spiro atoms. The quantitative estimate of drug-likeness (QED) is 0.124. The van der Waals surface area contributed by atoms with Gasteiger partial charge in [-0.2, -0.15) is 0 Å². The van der Waals surface area contributed by atoms with Crippen LogP contribution in [0.25, 0.3) is 0 Å². The minimum atomic E-state index is -1.70. The van der Waals surface area contributed by atoms with Crippen molar-refractivity contribution in [3.63, 3.8) is 0 Å². The number of hydrogen-bond acceptors (Lipinski definition) is 10. The van der Waals surface area contributed by atoms with Crippen LogP contribution in [-0.2, 0) is 9.47 Å². The molecule has 18 heteroatoms. The van der Waals surface area contributed by atoms with Crippen molar-refractivity contribution >= 4 is 0 Å². The van der Waals surface area contributed by atoms with Crippen LogP contribution in [0.15, 0.2) is 0 Å². The molecule has 1 heterocycles. The second-order valence-electron chi connectivity index (χ2n) is 5.32. The van der Waals surface area contributed by atoms with Crippen molar-refractivity contribution in [2.45, 2.75) is 62.0 Å². The van der Waals surface area contributed by atoms with Crippen LogP contribution in [0.3, 0.4) is 0 Å². The first-order valence-electron chi connectivity index (χ1n) is 6.85. The summed E-state index contributed by atoms with van der Waals surface area (Å²) in [6.45, 7) is 0.00339. The topological polar surface area (TPSA) is 180 Å². The van der Waals surface area contributed by atoms with Gasteiger partial charge in [0.25, 0.3) is 0 Å². The Balaban J connectivity index is -0.000000101. The molecular weight excluding hydrogens is 2120 g/mol. The smallest absolute Gasteiger partial charge is 0.186 e. The van der Waals surface area contributed by atoms with Crippen molar-refractivity contribution in [1.82, 2.24) is 0 Å². The second-order valence-corrected chi connectivity index (χ2v) is 5.32. The summed E-state index contributed by atoms with van der Waals surface area (Å²) in [6.07, 6.45) is -13.6. The molecule has 156 valence electrons. The van der Waals surface area contributed by atoms with E-state index < -0.39 is 68.3 Å². The Morgan fingerprint density at radius 1 is 0.733 bits per heavy atom. The Kier molecular flexibility index (Phi) is 69.6. The molecule has 0 bridgehead atoms. The molecule has 9 atom stereocenters. The van der Waals surface area contributed by atoms with E-state index in [9.17, 15) is 30.6 Å². The minimum absolute atomic E-state index is 0. The van der Waals surface area contributed by atoms with Gasteiger partial charge in [-0.1, -0.05) is 0 Å². The fourth-order valence-corrected chi connectivity index (χ4v) is 2.01. The molecular formula is C12H24Ac8O10. The molecule has 0 aromatic heterocycles. The summed E-state index contributed by atoms with van der Waals surface area (Å²) in [5, 5.41) is 75.6. The summed E-state index contributed by atoms with van der Waals surface area (Å²) in [4.78, 5) is 0. The van der Waals surface area contributed by atoms with Crippen LogP contribution in [0.1, 0.15) is 6.92 Å². The SMILES string of the molecule is CC(O)C(O)C(O)C(O)COC1OC(CO)C(O)C(O)C1O.[Ac].[Ac].[Ac].[Ac].[Ac].[Ac].[Ac].[Ac]. The van der Waals surface area contributed by atoms with E-state index in [0.717, 1.165) is 0 Å². The summed E-state index contributed by atoms with van der Waals surface area (Å²) in [5.74, 6) is 0. The van der Waals surface area contributed by atoms with Gasteiger partial charge in [-0.25, -0.2) is 0 Å². The molecule has 9 unspecified atom stereocenters. The molecule has 1 aliphatic heterocycles. The zero-order valence-corrected chi connectivity index (χ0v) is 54.6. The van der Waals surface area contributed by atoms with E-state index in [4.69, 9.17) is 19.7 Å². The van der Waals surface area contributed by atoms with Crippen molar-refractivity contribution in [3.8, 4) is 0 Å². The van der Waals surface area contributed by atoms with Crippen LogP contribution in [0, 0.1) is 352 Å². The third-order valence-electron chi connectivity index (χ3n) is 3.52. The van der Waals surface area contributed by atoms with E-state index in [2.05, 4.69) is 0 Å². The standard InChI is InChI=1S/C12H24O10.8Ac/c1-4(14)7(16)8(17)5(15)3-21-12-11(20)10(19)9(18)6(2-13)22-12;;;;;;;;/h4-20H,2-3H2,1H3;;;;;;;;. The Morgan fingerprint density at radius 3 is 1.53 bits per heavy atom.